The van der Waals surface area contributed by atoms with Crippen molar-refractivity contribution in [3.05, 3.63) is 59.7 Å². The predicted molar refractivity (Wildman–Crippen MR) is 76.2 cm³/mol. The van der Waals surface area contributed by atoms with E-state index in [1.807, 2.05) is 37.3 Å². The zero-order valence-corrected chi connectivity index (χ0v) is 11.0. The van der Waals surface area contributed by atoms with E-state index in [-0.39, 0.29) is 11.9 Å². The standard InChI is InChI=1S/C15H14N4O/c1-10(11-5-3-2-4-6-11)16-15(20)12-7-8-13-14(9-12)18-19-17-13/h2-10H,1H3,(H,16,20)(H,17,18,19)/t10-/m0/s1. The molecule has 0 aliphatic carbocycles. The zero-order valence-electron chi connectivity index (χ0n) is 11.0. The number of nitrogens with one attached hydrogen (secondary N) is 2. The van der Waals surface area contributed by atoms with Gasteiger partial charge in [0.15, 0.2) is 0 Å². The lowest BCUT2D eigenvalue weighted by atomic mass is 10.1. The van der Waals surface area contributed by atoms with Gasteiger partial charge in [0.2, 0.25) is 0 Å². The molecule has 0 unspecified atom stereocenters. The molecule has 0 radical (unpaired) electrons. The molecule has 3 rings (SSSR count). The summed E-state index contributed by atoms with van der Waals surface area (Å²) in [5, 5.41) is 13.5. The second kappa shape index (κ2) is 5.13. The summed E-state index contributed by atoms with van der Waals surface area (Å²) in [6.07, 6.45) is 0. The lowest BCUT2D eigenvalue weighted by Gasteiger charge is -2.14. The van der Waals surface area contributed by atoms with Crippen LogP contribution in [-0.2, 0) is 0 Å². The maximum atomic E-state index is 12.2. The zero-order chi connectivity index (χ0) is 13.9. The molecule has 1 aromatic heterocycles. The van der Waals surface area contributed by atoms with Crippen molar-refractivity contribution in [1.29, 1.82) is 0 Å². The molecule has 0 aliphatic rings. The fraction of sp³-hybridized carbons (Fsp3) is 0.133. The first-order valence-corrected chi connectivity index (χ1v) is 6.40. The van der Waals surface area contributed by atoms with Crippen LogP contribution in [0.2, 0.25) is 0 Å². The summed E-state index contributed by atoms with van der Waals surface area (Å²) in [4.78, 5) is 12.2. The largest absolute Gasteiger partial charge is 0.346 e. The van der Waals surface area contributed by atoms with Crippen LogP contribution in [0.1, 0.15) is 28.9 Å². The molecule has 0 aliphatic heterocycles. The number of hydrogen-bond donors (Lipinski definition) is 2. The number of nitrogens with zero attached hydrogens (tertiary/aromatic N) is 2. The normalized spacial score (nSPS) is 12.2. The van der Waals surface area contributed by atoms with Gasteiger partial charge in [0.05, 0.1) is 6.04 Å². The molecular formula is C15H14N4O. The van der Waals surface area contributed by atoms with E-state index < -0.39 is 0 Å². The Labute approximate surface area is 116 Å². The van der Waals surface area contributed by atoms with Crippen LogP contribution in [0.3, 0.4) is 0 Å². The van der Waals surface area contributed by atoms with E-state index in [9.17, 15) is 4.79 Å². The molecule has 0 bridgehead atoms. The summed E-state index contributed by atoms with van der Waals surface area (Å²) < 4.78 is 0. The molecule has 100 valence electrons. The number of rotatable bonds is 3. The molecule has 1 heterocycles. The number of benzene rings is 2. The topological polar surface area (TPSA) is 70.7 Å². The average molecular weight is 266 g/mol. The highest BCUT2D eigenvalue weighted by molar-refractivity contribution is 5.97. The monoisotopic (exact) mass is 266 g/mol. The van der Waals surface area contributed by atoms with E-state index in [2.05, 4.69) is 20.7 Å². The van der Waals surface area contributed by atoms with Crippen LogP contribution in [0, 0.1) is 0 Å². The summed E-state index contributed by atoms with van der Waals surface area (Å²) in [6, 6.07) is 15.1. The van der Waals surface area contributed by atoms with Gasteiger partial charge in [-0.05, 0) is 30.7 Å². The predicted octanol–water partition coefficient (Wildman–Crippen LogP) is 2.45. The number of fused-ring (bicyclic) bond motifs is 1. The molecule has 2 N–H and O–H groups in total. The molecule has 1 amide bonds. The van der Waals surface area contributed by atoms with Crippen molar-refractivity contribution in [3.63, 3.8) is 0 Å². The third kappa shape index (κ3) is 2.38. The first-order valence-electron chi connectivity index (χ1n) is 6.40. The Hall–Kier alpha value is -2.69. The number of hydrogen-bond acceptors (Lipinski definition) is 3. The van der Waals surface area contributed by atoms with Gasteiger partial charge in [0.25, 0.3) is 5.91 Å². The van der Waals surface area contributed by atoms with E-state index in [1.54, 1.807) is 18.2 Å². The Balaban J connectivity index is 1.78. The highest BCUT2D eigenvalue weighted by Crippen LogP contribution is 2.14. The third-order valence-corrected chi connectivity index (χ3v) is 3.23. The molecule has 5 nitrogen and oxygen atoms in total. The van der Waals surface area contributed by atoms with Crippen molar-refractivity contribution < 1.29 is 4.79 Å². The van der Waals surface area contributed by atoms with Gasteiger partial charge < -0.3 is 5.32 Å². The van der Waals surface area contributed by atoms with Gasteiger partial charge in [0.1, 0.15) is 11.0 Å². The van der Waals surface area contributed by atoms with E-state index >= 15 is 0 Å². The van der Waals surface area contributed by atoms with Crippen LogP contribution in [0.25, 0.3) is 11.0 Å². The number of aromatic nitrogens is 3. The van der Waals surface area contributed by atoms with Crippen LogP contribution in [0.15, 0.2) is 48.5 Å². The van der Waals surface area contributed by atoms with Crippen molar-refractivity contribution >= 4 is 16.9 Å². The first-order chi connectivity index (χ1) is 9.74. The van der Waals surface area contributed by atoms with Gasteiger partial charge in [-0.3, -0.25) is 4.79 Å². The van der Waals surface area contributed by atoms with E-state index in [0.717, 1.165) is 11.1 Å². The van der Waals surface area contributed by atoms with Gasteiger partial charge in [-0.15, -0.1) is 0 Å². The number of aromatic amines is 1. The molecule has 2 aromatic carbocycles. The van der Waals surface area contributed by atoms with Crippen LogP contribution >= 0.6 is 0 Å². The van der Waals surface area contributed by atoms with Crippen LogP contribution in [-0.4, -0.2) is 21.3 Å². The summed E-state index contributed by atoms with van der Waals surface area (Å²) >= 11 is 0. The summed E-state index contributed by atoms with van der Waals surface area (Å²) in [6.45, 7) is 1.96. The number of amides is 1. The molecule has 0 saturated carbocycles. The van der Waals surface area contributed by atoms with Gasteiger partial charge in [-0.25, -0.2) is 0 Å². The molecule has 20 heavy (non-hydrogen) atoms. The van der Waals surface area contributed by atoms with Crippen LogP contribution < -0.4 is 5.32 Å². The van der Waals surface area contributed by atoms with E-state index in [0.29, 0.717) is 11.1 Å². The molecule has 0 fully saturated rings. The Bertz CT molecular complexity index is 736. The maximum Gasteiger partial charge on any atom is 0.251 e. The number of carbonyl (C=O) groups is 1. The fourth-order valence-electron chi connectivity index (χ4n) is 2.09. The van der Waals surface area contributed by atoms with Crippen molar-refractivity contribution in [2.24, 2.45) is 0 Å². The van der Waals surface area contributed by atoms with Gasteiger partial charge >= 0.3 is 0 Å². The molecule has 1 atom stereocenters. The Morgan fingerprint density at radius 2 is 1.85 bits per heavy atom. The van der Waals surface area contributed by atoms with Crippen LogP contribution in [0.4, 0.5) is 0 Å². The molecular weight excluding hydrogens is 252 g/mol. The lowest BCUT2D eigenvalue weighted by Crippen LogP contribution is -2.26. The molecule has 5 heteroatoms. The SMILES string of the molecule is C[C@H](NC(=O)c1ccc2n[nH]nc2c1)c1ccccc1. The minimum absolute atomic E-state index is 0.0447. The van der Waals surface area contributed by atoms with E-state index in [4.69, 9.17) is 0 Å². The van der Waals surface area contributed by atoms with Crippen molar-refractivity contribution in [3.8, 4) is 0 Å². The second-order valence-electron chi connectivity index (χ2n) is 4.63. The first kappa shape index (κ1) is 12.3. The fourth-order valence-corrected chi connectivity index (χ4v) is 2.09. The van der Waals surface area contributed by atoms with Crippen molar-refractivity contribution in [2.45, 2.75) is 13.0 Å². The van der Waals surface area contributed by atoms with Crippen molar-refractivity contribution in [1.82, 2.24) is 20.7 Å². The minimum Gasteiger partial charge on any atom is -0.346 e. The van der Waals surface area contributed by atoms with Gasteiger partial charge in [-0.1, -0.05) is 30.3 Å². The Morgan fingerprint density at radius 3 is 2.65 bits per heavy atom. The Kier molecular flexibility index (Phi) is 3.16. The van der Waals surface area contributed by atoms with Crippen LogP contribution in [0.5, 0.6) is 0 Å². The average Bonchev–Trinajstić information content (AvgIpc) is 2.95. The highest BCUT2D eigenvalue weighted by Gasteiger charge is 2.12. The third-order valence-electron chi connectivity index (χ3n) is 3.23. The molecule has 3 aromatic rings. The smallest absolute Gasteiger partial charge is 0.251 e. The summed E-state index contributed by atoms with van der Waals surface area (Å²) in [7, 11) is 0. The second-order valence-corrected chi connectivity index (χ2v) is 4.63. The van der Waals surface area contributed by atoms with Gasteiger partial charge in [0, 0.05) is 5.56 Å². The minimum atomic E-state index is -0.119. The molecule has 0 spiro atoms. The number of carbonyl (C=O) groups excluding carboxylic acids is 1. The lowest BCUT2D eigenvalue weighted by molar-refractivity contribution is 0.0940. The molecule has 0 saturated heterocycles. The van der Waals surface area contributed by atoms with Crippen molar-refractivity contribution in [2.75, 3.05) is 0 Å². The van der Waals surface area contributed by atoms with E-state index in [1.165, 1.54) is 0 Å². The number of H-pyrrole nitrogens is 1. The quantitative estimate of drug-likeness (QED) is 0.765. The maximum absolute atomic E-state index is 12.2. The van der Waals surface area contributed by atoms with Gasteiger partial charge in [-0.2, -0.15) is 15.4 Å². The highest BCUT2D eigenvalue weighted by atomic mass is 16.1. The summed E-state index contributed by atoms with van der Waals surface area (Å²) in [5.41, 5.74) is 3.08. The Morgan fingerprint density at radius 1 is 1.10 bits per heavy atom. The summed E-state index contributed by atoms with van der Waals surface area (Å²) in [5.74, 6) is -0.119.